The van der Waals surface area contributed by atoms with Gasteiger partial charge in [-0.2, -0.15) is 0 Å². The quantitative estimate of drug-likeness (QED) is 0.294. The topological polar surface area (TPSA) is 29.5 Å². The van der Waals surface area contributed by atoms with Crippen molar-refractivity contribution in [1.82, 2.24) is 4.90 Å². The monoisotopic (exact) mass is 235 g/mol. The maximum atomic E-state index is 11.7. The third-order valence-corrected chi connectivity index (χ3v) is 3.04. The molecule has 0 aromatic heterocycles. The summed E-state index contributed by atoms with van der Waals surface area (Å²) in [7, 11) is 0. The van der Waals surface area contributed by atoms with Gasteiger partial charge in [-0.3, -0.25) is 4.90 Å². The van der Waals surface area contributed by atoms with Gasteiger partial charge in [0.15, 0.2) is 5.72 Å². The average molecular weight is 235 g/mol. The van der Waals surface area contributed by atoms with Gasteiger partial charge in [-0.05, 0) is 13.3 Å². The number of hydrogen-bond donors (Lipinski definition) is 0. The second-order valence-electron chi connectivity index (χ2n) is 4.45. The summed E-state index contributed by atoms with van der Waals surface area (Å²) < 4.78 is 5.59. The summed E-state index contributed by atoms with van der Waals surface area (Å²) in [4.78, 5) is 13.8. The van der Waals surface area contributed by atoms with Gasteiger partial charge in [0.05, 0.1) is 0 Å². The largest absolute Gasteiger partial charge is 0.440 e. The van der Waals surface area contributed by atoms with Crippen molar-refractivity contribution >= 4 is 5.97 Å². The number of rotatable bonds is 7. The number of nitrogens with zero attached hydrogens (tertiary/aromatic N) is 1. The molecule has 1 aliphatic rings. The summed E-state index contributed by atoms with van der Waals surface area (Å²) in [5, 5.41) is 0. The van der Waals surface area contributed by atoms with Crippen LogP contribution in [0.4, 0.5) is 0 Å². The predicted molar refractivity (Wildman–Crippen MR) is 69.5 cm³/mol. The molecular weight excluding hydrogens is 214 g/mol. The van der Waals surface area contributed by atoms with Gasteiger partial charge in [-0.1, -0.05) is 18.7 Å². The minimum atomic E-state index is -0.474. The molecule has 94 valence electrons. The molecular formula is C14H21NO2. The highest BCUT2D eigenvalue weighted by Gasteiger charge is 2.45. The molecule has 0 saturated heterocycles. The van der Waals surface area contributed by atoms with E-state index in [1.165, 1.54) is 0 Å². The molecule has 3 heteroatoms. The van der Waals surface area contributed by atoms with Gasteiger partial charge in [0, 0.05) is 31.5 Å². The van der Waals surface area contributed by atoms with Crippen molar-refractivity contribution in [1.29, 1.82) is 0 Å². The molecule has 0 amide bonds. The number of carbonyl (C=O) groups is 1. The molecule has 0 bridgehead atoms. The molecule has 0 unspecified atom stereocenters. The Labute approximate surface area is 103 Å². The van der Waals surface area contributed by atoms with Gasteiger partial charge in [0.2, 0.25) is 0 Å². The van der Waals surface area contributed by atoms with E-state index in [9.17, 15) is 4.79 Å². The Morgan fingerprint density at radius 2 is 1.88 bits per heavy atom. The molecule has 3 nitrogen and oxygen atoms in total. The normalized spacial score (nSPS) is 17.1. The molecule has 0 atom stereocenters. The van der Waals surface area contributed by atoms with Crippen LogP contribution in [-0.2, 0) is 9.53 Å². The van der Waals surface area contributed by atoms with Crippen molar-refractivity contribution in [2.75, 3.05) is 13.1 Å². The summed E-state index contributed by atoms with van der Waals surface area (Å²) in [6.07, 6.45) is 6.45. The highest BCUT2D eigenvalue weighted by atomic mass is 16.6. The van der Waals surface area contributed by atoms with Gasteiger partial charge in [0.25, 0.3) is 0 Å². The zero-order valence-corrected chi connectivity index (χ0v) is 10.6. The average Bonchev–Trinajstić information content (AvgIpc) is 2.22. The molecule has 1 saturated carbocycles. The summed E-state index contributed by atoms with van der Waals surface area (Å²) in [6, 6.07) is 0. The van der Waals surface area contributed by atoms with Crippen LogP contribution in [0.3, 0.4) is 0 Å². The number of carbonyl (C=O) groups excluding carboxylic acids is 1. The van der Waals surface area contributed by atoms with Gasteiger partial charge >= 0.3 is 5.97 Å². The minimum absolute atomic E-state index is 0.317. The second-order valence-corrected chi connectivity index (χ2v) is 4.45. The lowest BCUT2D eigenvalue weighted by molar-refractivity contribution is -0.201. The first-order valence-corrected chi connectivity index (χ1v) is 5.91. The van der Waals surface area contributed by atoms with Crippen LogP contribution in [-0.4, -0.2) is 29.7 Å². The van der Waals surface area contributed by atoms with Crippen LogP contribution in [0.1, 0.15) is 26.2 Å². The van der Waals surface area contributed by atoms with Gasteiger partial charge in [-0.15, -0.1) is 13.2 Å². The van der Waals surface area contributed by atoms with Crippen LogP contribution in [0.15, 0.2) is 37.5 Å². The molecule has 0 aliphatic heterocycles. The summed E-state index contributed by atoms with van der Waals surface area (Å²) in [5.41, 5.74) is -0.0354. The Morgan fingerprint density at radius 1 is 1.35 bits per heavy atom. The highest BCUT2D eigenvalue weighted by Crippen LogP contribution is 2.39. The Hall–Kier alpha value is -1.35. The van der Waals surface area contributed by atoms with E-state index in [-0.39, 0.29) is 5.97 Å². The molecule has 0 aromatic carbocycles. The van der Waals surface area contributed by atoms with Crippen LogP contribution in [0.5, 0.6) is 0 Å². The SMILES string of the molecule is C=CCN(CC=C)C1(OC(=O)C(=C)C)CCC1. The Bertz CT molecular complexity index is 319. The lowest BCUT2D eigenvalue weighted by atomic mass is 9.86. The fourth-order valence-corrected chi connectivity index (χ4v) is 1.94. The van der Waals surface area contributed by atoms with E-state index in [1.54, 1.807) is 6.92 Å². The van der Waals surface area contributed by atoms with E-state index in [4.69, 9.17) is 4.74 Å². The summed E-state index contributed by atoms with van der Waals surface area (Å²) in [5.74, 6) is -0.317. The number of esters is 1. The van der Waals surface area contributed by atoms with Crippen LogP contribution < -0.4 is 0 Å². The third kappa shape index (κ3) is 3.07. The second kappa shape index (κ2) is 5.82. The molecule has 1 fully saturated rings. The van der Waals surface area contributed by atoms with Crippen molar-refractivity contribution in [2.45, 2.75) is 31.9 Å². The van der Waals surface area contributed by atoms with Gasteiger partial charge < -0.3 is 4.74 Å². The minimum Gasteiger partial charge on any atom is -0.440 e. The molecule has 1 aliphatic carbocycles. The molecule has 0 spiro atoms. The first kappa shape index (κ1) is 13.7. The summed E-state index contributed by atoms with van der Waals surface area (Å²) in [6.45, 7) is 14.1. The Morgan fingerprint density at radius 3 is 2.18 bits per heavy atom. The van der Waals surface area contributed by atoms with Gasteiger partial charge in [-0.25, -0.2) is 4.79 Å². The maximum Gasteiger partial charge on any atom is 0.334 e. The molecule has 17 heavy (non-hydrogen) atoms. The maximum absolute atomic E-state index is 11.7. The first-order valence-electron chi connectivity index (χ1n) is 5.91. The lowest BCUT2D eigenvalue weighted by Gasteiger charge is -2.48. The van der Waals surface area contributed by atoms with Crippen LogP contribution in [0.2, 0.25) is 0 Å². The fraction of sp³-hybridized carbons (Fsp3) is 0.500. The van der Waals surface area contributed by atoms with Crippen molar-refractivity contribution in [2.24, 2.45) is 0 Å². The van der Waals surface area contributed by atoms with E-state index in [1.807, 2.05) is 12.2 Å². The molecule has 0 radical (unpaired) electrons. The smallest absolute Gasteiger partial charge is 0.334 e. The van der Waals surface area contributed by atoms with Crippen molar-refractivity contribution in [3.63, 3.8) is 0 Å². The third-order valence-electron chi connectivity index (χ3n) is 3.04. The standard InChI is InChI=1S/C14H21NO2/c1-5-10-15(11-6-2)14(8-7-9-14)17-13(16)12(3)4/h5-6H,1-3,7-11H2,4H3. The van der Waals surface area contributed by atoms with E-state index in [2.05, 4.69) is 24.6 Å². The Balaban J connectivity index is 2.77. The van der Waals surface area contributed by atoms with E-state index in [0.29, 0.717) is 18.7 Å². The summed E-state index contributed by atoms with van der Waals surface area (Å²) >= 11 is 0. The van der Waals surface area contributed by atoms with Crippen molar-refractivity contribution < 1.29 is 9.53 Å². The van der Waals surface area contributed by atoms with Crippen LogP contribution in [0.25, 0.3) is 0 Å². The molecule has 0 aromatic rings. The lowest BCUT2D eigenvalue weighted by Crippen LogP contribution is -2.56. The van der Waals surface area contributed by atoms with E-state index < -0.39 is 5.72 Å². The molecule has 1 rings (SSSR count). The van der Waals surface area contributed by atoms with Crippen LogP contribution >= 0.6 is 0 Å². The molecule has 0 heterocycles. The van der Waals surface area contributed by atoms with E-state index in [0.717, 1.165) is 19.3 Å². The highest BCUT2D eigenvalue weighted by molar-refractivity contribution is 5.87. The number of hydrogen-bond acceptors (Lipinski definition) is 3. The number of ether oxygens (including phenoxy) is 1. The first-order chi connectivity index (χ1) is 8.05. The molecule has 0 N–H and O–H groups in total. The zero-order chi connectivity index (χ0) is 12.9. The fourth-order valence-electron chi connectivity index (χ4n) is 1.94. The zero-order valence-electron chi connectivity index (χ0n) is 10.6. The van der Waals surface area contributed by atoms with Crippen LogP contribution in [0, 0.1) is 0 Å². The van der Waals surface area contributed by atoms with Crippen molar-refractivity contribution in [3.05, 3.63) is 37.5 Å². The Kier molecular flexibility index (Phi) is 4.70. The predicted octanol–water partition coefficient (Wildman–Crippen LogP) is 2.66. The van der Waals surface area contributed by atoms with Crippen molar-refractivity contribution in [3.8, 4) is 0 Å². The van der Waals surface area contributed by atoms with E-state index >= 15 is 0 Å². The van der Waals surface area contributed by atoms with Gasteiger partial charge in [0.1, 0.15) is 0 Å².